The minimum Gasteiger partial charge on any atom is -0.497 e. The van der Waals surface area contributed by atoms with Gasteiger partial charge in [-0.3, -0.25) is 9.59 Å². The molecule has 1 N–H and O–H groups in total. The maximum atomic E-state index is 12.2. The standard InChI is InChI=1S/C22H28N2O4/c1-16-13-17(2)15-19(14-16)23-22(26)9-10-24(18(3)25)11-12-28-21-7-5-20(27-4)6-8-21/h5-8,13-15H,9-12H2,1-4H3,(H,23,26). The molecule has 6 nitrogen and oxygen atoms in total. The van der Waals surface area contributed by atoms with Gasteiger partial charge in [-0.15, -0.1) is 0 Å². The second-order valence-corrected chi connectivity index (χ2v) is 6.70. The van der Waals surface area contributed by atoms with E-state index < -0.39 is 0 Å². The van der Waals surface area contributed by atoms with Crippen molar-refractivity contribution in [2.24, 2.45) is 0 Å². The first-order valence-electron chi connectivity index (χ1n) is 9.28. The fourth-order valence-corrected chi connectivity index (χ4v) is 2.88. The Bertz CT molecular complexity index is 782. The Hall–Kier alpha value is -3.02. The van der Waals surface area contributed by atoms with Crippen molar-refractivity contribution < 1.29 is 19.1 Å². The molecular weight excluding hydrogens is 356 g/mol. The van der Waals surface area contributed by atoms with Crippen LogP contribution in [0.2, 0.25) is 0 Å². The molecule has 0 bridgehead atoms. The second-order valence-electron chi connectivity index (χ2n) is 6.70. The molecule has 0 spiro atoms. The fourth-order valence-electron chi connectivity index (χ4n) is 2.88. The van der Waals surface area contributed by atoms with Crippen molar-refractivity contribution in [3.8, 4) is 11.5 Å². The van der Waals surface area contributed by atoms with Crippen LogP contribution in [-0.4, -0.2) is 43.5 Å². The van der Waals surface area contributed by atoms with Crippen molar-refractivity contribution in [1.82, 2.24) is 4.90 Å². The quantitative estimate of drug-likeness (QED) is 0.718. The summed E-state index contributed by atoms with van der Waals surface area (Å²) in [5.41, 5.74) is 2.97. The lowest BCUT2D eigenvalue weighted by molar-refractivity contribution is -0.129. The fraction of sp³-hybridized carbons (Fsp3) is 0.364. The first-order chi connectivity index (χ1) is 13.4. The van der Waals surface area contributed by atoms with Gasteiger partial charge in [-0.05, 0) is 61.4 Å². The number of carbonyl (C=O) groups excluding carboxylic acids is 2. The molecule has 0 unspecified atom stereocenters. The number of hydrogen-bond donors (Lipinski definition) is 1. The number of anilines is 1. The number of benzene rings is 2. The van der Waals surface area contributed by atoms with E-state index in [4.69, 9.17) is 9.47 Å². The smallest absolute Gasteiger partial charge is 0.226 e. The average molecular weight is 384 g/mol. The predicted molar refractivity (Wildman–Crippen MR) is 110 cm³/mol. The third-order valence-electron chi connectivity index (χ3n) is 4.25. The monoisotopic (exact) mass is 384 g/mol. The van der Waals surface area contributed by atoms with E-state index >= 15 is 0 Å². The molecule has 2 rings (SSSR count). The first kappa shape index (κ1) is 21.3. The molecule has 0 atom stereocenters. The van der Waals surface area contributed by atoms with Gasteiger partial charge in [0.25, 0.3) is 0 Å². The largest absolute Gasteiger partial charge is 0.497 e. The molecule has 2 amide bonds. The molecule has 2 aromatic carbocycles. The van der Waals surface area contributed by atoms with Gasteiger partial charge in [0.05, 0.1) is 13.7 Å². The average Bonchev–Trinajstić information content (AvgIpc) is 2.63. The number of aryl methyl sites for hydroxylation is 2. The van der Waals surface area contributed by atoms with E-state index in [1.165, 1.54) is 6.92 Å². The van der Waals surface area contributed by atoms with Crippen LogP contribution in [0.4, 0.5) is 5.69 Å². The van der Waals surface area contributed by atoms with E-state index in [-0.39, 0.29) is 18.2 Å². The second kappa shape index (κ2) is 10.3. The maximum Gasteiger partial charge on any atom is 0.226 e. The number of rotatable bonds is 9. The lowest BCUT2D eigenvalue weighted by Gasteiger charge is -2.21. The Morgan fingerprint density at radius 1 is 0.964 bits per heavy atom. The Morgan fingerprint density at radius 2 is 1.57 bits per heavy atom. The lowest BCUT2D eigenvalue weighted by Crippen LogP contribution is -2.35. The van der Waals surface area contributed by atoms with Crippen molar-refractivity contribution in [2.75, 3.05) is 32.1 Å². The third-order valence-corrected chi connectivity index (χ3v) is 4.25. The minimum absolute atomic E-state index is 0.0856. The van der Waals surface area contributed by atoms with Gasteiger partial charge in [0, 0.05) is 25.6 Å². The van der Waals surface area contributed by atoms with E-state index in [0.717, 1.165) is 22.6 Å². The Balaban J connectivity index is 1.79. The van der Waals surface area contributed by atoms with E-state index in [1.807, 2.05) is 50.2 Å². The van der Waals surface area contributed by atoms with Gasteiger partial charge in [0.15, 0.2) is 0 Å². The molecule has 0 aliphatic heterocycles. The summed E-state index contributed by atoms with van der Waals surface area (Å²) in [6.45, 7) is 6.59. The summed E-state index contributed by atoms with van der Waals surface area (Å²) in [7, 11) is 1.61. The zero-order valence-electron chi connectivity index (χ0n) is 17.0. The molecule has 0 aliphatic rings. The van der Waals surface area contributed by atoms with Crippen LogP contribution in [0.5, 0.6) is 11.5 Å². The number of carbonyl (C=O) groups is 2. The molecule has 0 aliphatic carbocycles. The Labute approximate surface area is 166 Å². The summed E-state index contributed by atoms with van der Waals surface area (Å²) in [5.74, 6) is 1.26. The van der Waals surface area contributed by atoms with Gasteiger partial charge in [-0.2, -0.15) is 0 Å². The van der Waals surface area contributed by atoms with Gasteiger partial charge in [-0.25, -0.2) is 0 Å². The van der Waals surface area contributed by atoms with Crippen LogP contribution in [0.15, 0.2) is 42.5 Å². The number of hydrogen-bond acceptors (Lipinski definition) is 4. The van der Waals surface area contributed by atoms with Crippen molar-refractivity contribution in [1.29, 1.82) is 0 Å². The highest BCUT2D eigenvalue weighted by Crippen LogP contribution is 2.17. The zero-order valence-corrected chi connectivity index (χ0v) is 17.0. The highest BCUT2D eigenvalue weighted by molar-refractivity contribution is 5.91. The lowest BCUT2D eigenvalue weighted by atomic mass is 10.1. The number of nitrogens with zero attached hydrogens (tertiary/aromatic N) is 1. The highest BCUT2D eigenvalue weighted by Gasteiger charge is 2.12. The molecule has 28 heavy (non-hydrogen) atoms. The summed E-state index contributed by atoms with van der Waals surface area (Å²) < 4.78 is 10.8. The van der Waals surface area contributed by atoms with Crippen LogP contribution in [0, 0.1) is 13.8 Å². The normalized spacial score (nSPS) is 10.3. The van der Waals surface area contributed by atoms with Crippen LogP contribution in [0.1, 0.15) is 24.5 Å². The van der Waals surface area contributed by atoms with Gasteiger partial charge in [0.2, 0.25) is 11.8 Å². The molecule has 0 aromatic heterocycles. The summed E-state index contributed by atoms with van der Waals surface area (Å²) in [4.78, 5) is 25.7. The van der Waals surface area contributed by atoms with Gasteiger partial charge < -0.3 is 19.7 Å². The number of nitrogens with one attached hydrogen (secondary N) is 1. The zero-order chi connectivity index (χ0) is 20.5. The van der Waals surface area contributed by atoms with Crippen LogP contribution in [-0.2, 0) is 9.59 Å². The number of ether oxygens (including phenoxy) is 2. The first-order valence-corrected chi connectivity index (χ1v) is 9.28. The third kappa shape index (κ3) is 6.95. The Morgan fingerprint density at radius 3 is 2.14 bits per heavy atom. The van der Waals surface area contributed by atoms with Crippen molar-refractivity contribution >= 4 is 17.5 Å². The van der Waals surface area contributed by atoms with Crippen molar-refractivity contribution in [3.05, 3.63) is 53.6 Å². The highest BCUT2D eigenvalue weighted by atomic mass is 16.5. The van der Waals surface area contributed by atoms with Crippen molar-refractivity contribution in [2.45, 2.75) is 27.2 Å². The van der Waals surface area contributed by atoms with Gasteiger partial charge in [0.1, 0.15) is 18.1 Å². The summed E-state index contributed by atoms with van der Waals surface area (Å²) in [5, 5.41) is 2.89. The predicted octanol–water partition coefficient (Wildman–Crippen LogP) is 3.57. The summed E-state index contributed by atoms with van der Waals surface area (Å²) in [6, 6.07) is 13.2. The molecule has 0 fully saturated rings. The molecule has 0 saturated carbocycles. The molecule has 0 radical (unpaired) electrons. The van der Waals surface area contributed by atoms with E-state index in [9.17, 15) is 9.59 Å². The SMILES string of the molecule is COc1ccc(OCCN(CCC(=O)Nc2cc(C)cc(C)c2)C(C)=O)cc1. The molecule has 150 valence electrons. The van der Waals surface area contributed by atoms with E-state index in [1.54, 1.807) is 12.0 Å². The molecule has 0 heterocycles. The molecule has 6 heteroatoms. The topological polar surface area (TPSA) is 67.9 Å². The molecule has 2 aromatic rings. The maximum absolute atomic E-state index is 12.2. The summed E-state index contributed by atoms with van der Waals surface area (Å²) in [6.07, 6.45) is 0.231. The van der Waals surface area contributed by atoms with Crippen LogP contribution in [0.25, 0.3) is 0 Å². The van der Waals surface area contributed by atoms with Crippen LogP contribution < -0.4 is 14.8 Å². The van der Waals surface area contributed by atoms with Crippen LogP contribution >= 0.6 is 0 Å². The van der Waals surface area contributed by atoms with Gasteiger partial charge in [-0.1, -0.05) is 6.07 Å². The minimum atomic E-state index is -0.118. The van der Waals surface area contributed by atoms with E-state index in [2.05, 4.69) is 11.4 Å². The van der Waals surface area contributed by atoms with E-state index in [0.29, 0.717) is 25.4 Å². The molecular formula is C22H28N2O4. The molecule has 0 saturated heterocycles. The van der Waals surface area contributed by atoms with Crippen LogP contribution in [0.3, 0.4) is 0 Å². The van der Waals surface area contributed by atoms with Gasteiger partial charge >= 0.3 is 0 Å². The summed E-state index contributed by atoms with van der Waals surface area (Å²) >= 11 is 0. The number of methoxy groups -OCH3 is 1. The number of amides is 2. The van der Waals surface area contributed by atoms with Crippen molar-refractivity contribution in [3.63, 3.8) is 0 Å². The Kier molecular flexibility index (Phi) is 7.87.